The Morgan fingerprint density at radius 3 is 2.81 bits per heavy atom. The van der Waals surface area contributed by atoms with Crippen LogP contribution in [0.4, 0.5) is 0 Å². The fourth-order valence-corrected chi connectivity index (χ4v) is 1.68. The molecule has 0 aliphatic rings. The summed E-state index contributed by atoms with van der Waals surface area (Å²) in [6, 6.07) is 7.51. The lowest BCUT2D eigenvalue weighted by molar-refractivity contribution is 0.0488. The van der Waals surface area contributed by atoms with Crippen LogP contribution >= 0.6 is 11.8 Å². The third kappa shape index (κ3) is 4.27. The average Bonchev–Trinajstić information content (AvgIpc) is 2.28. The third-order valence-corrected chi connectivity index (χ3v) is 2.96. The Kier molecular flexibility index (Phi) is 5.39. The van der Waals surface area contributed by atoms with Crippen molar-refractivity contribution in [3.05, 3.63) is 29.8 Å². The van der Waals surface area contributed by atoms with E-state index in [0.29, 0.717) is 18.1 Å². The van der Waals surface area contributed by atoms with Gasteiger partial charge in [0.2, 0.25) is 0 Å². The van der Waals surface area contributed by atoms with Gasteiger partial charge in [-0.25, -0.2) is 4.79 Å². The summed E-state index contributed by atoms with van der Waals surface area (Å²) in [7, 11) is 0. The minimum Gasteiger partial charge on any atom is -0.462 e. The van der Waals surface area contributed by atoms with Gasteiger partial charge < -0.3 is 4.74 Å². The van der Waals surface area contributed by atoms with Crippen molar-refractivity contribution in [1.29, 1.82) is 0 Å². The quantitative estimate of drug-likeness (QED) is 0.579. The summed E-state index contributed by atoms with van der Waals surface area (Å²) in [6.07, 6.45) is 2.90. The molecule has 1 aromatic carbocycles. The first-order valence-electron chi connectivity index (χ1n) is 5.44. The molecule has 0 radical (unpaired) electrons. The molecule has 2 nitrogen and oxygen atoms in total. The summed E-state index contributed by atoms with van der Waals surface area (Å²) in [6.45, 7) is 4.73. The largest absolute Gasteiger partial charge is 0.462 e. The molecule has 0 saturated carbocycles. The van der Waals surface area contributed by atoms with E-state index in [2.05, 4.69) is 13.8 Å². The van der Waals surface area contributed by atoms with E-state index in [9.17, 15) is 4.79 Å². The number of ether oxygens (including phenoxy) is 1. The maximum Gasteiger partial charge on any atom is 0.338 e. The van der Waals surface area contributed by atoms with E-state index in [0.717, 1.165) is 11.3 Å². The van der Waals surface area contributed by atoms with Crippen LogP contribution in [0.15, 0.2) is 29.2 Å². The summed E-state index contributed by atoms with van der Waals surface area (Å²) in [5, 5.41) is 0. The van der Waals surface area contributed by atoms with Crippen molar-refractivity contribution < 1.29 is 9.53 Å². The lowest BCUT2D eigenvalue weighted by Gasteiger charge is -2.07. The smallest absolute Gasteiger partial charge is 0.338 e. The van der Waals surface area contributed by atoms with Gasteiger partial charge in [0.25, 0.3) is 0 Å². The maximum atomic E-state index is 11.7. The van der Waals surface area contributed by atoms with Gasteiger partial charge >= 0.3 is 5.97 Å². The van der Waals surface area contributed by atoms with Crippen molar-refractivity contribution in [3.8, 4) is 0 Å². The molecule has 0 fully saturated rings. The molecule has 0 N–H and O–H groups in total. The first-order valence-corrected chi connectivity index (χ1v) is 6.67. The van der Waals surface area contributed by atoms with Gasteiger partial charge in [0.1, 0.15) is 0 Å². The van der Waals surface area contributed by atoms with Crippen molar-refractivity contribution >= 4 is 17.7 Å². The molecule has 0 aliphatic heterocycles. The van der Waals surface area contributed by atoms with Crippen LogP contribution in [0.3, 0.4) is 0 Å². The van der Waals surface area contributed by atoms with Gasteiger partial charge in [-0.3, -0.25) is 0 Å². The molecule has 0 aromatic heterocycles. The predicted octanol–water partition coefficient (Wildman–Crippen LogP) is 3.61. The summed E-state index contributed by atoms with van der Waals surface area (Å²) >= 11 is 1.62. The molecule has 3 heteroatoms. The minimum absolute atomic E-state index is 0.225. The molecular formula is C13H18O2S. The van der Waals surface area contributed by atoms with Crippen LogP contribution in [0.5, 0.6) is 0 Å². The fourth-order valence-electron chi connectivity index (χ4n) is 1.22. The normalized spacial score (nSPS) is 10.5. The summed E-state index contributed by atoms with van der Waals surface area (Å²) in [5.74, 6) is 0.335. The van der Waals surface area contributed by atoms with Gasteiger partial charge in [0.15, 0.2) is 0 Å². The lowest BCUT2D eigenvalue weighted by Crippen LogP contribution is -2.08. The Hall–Kier alpha value is -0.960. The number of esters is 1. The Morgan fingerprint density at radius 1 is 1.44 bits per heavy atom. The molecule has 0 amide bonds. The van der Waals surface area contributed by atoms with Crippen molar-refractivity contribution in [1.82, 2.24) is 0 Å². The highest BCUT2D eigenvalue weighted by molar-refractivity contribution is 7.98. The summed E-state index contributed by atoms with van der Waals surface area (Å²) < 4.78 is 5.19. The molecule has 0 unspecified atom stereocenters. The molecule has 0 bridgehead atoms. The Morgan fingerprint density at radius 2 is 2.19 bits per heavy atom. The Balaban J connectivity index is 2.52. The first-order chi connectivity index (χ1) is 7.63. The molecule has 0 heterocycles. The van der Waals surface area contributed by atoms with Gasteiger partial charge in [-0.15, -0.1) is 11.8 Å². The number of benzene rings is 1. The van der Waals surface area contributed by atoms with E-state index in [1.165, 1.54) is 0 Å². The average molecular weight is 238 g/mol. The van der Waals surface area contributed by atoms with Gasteiger partial charge in [-0.2, -0.15) is 0 Å². The van der Waals surface area contributed by atoms with E-state index in [4.69, 9.17) is 4.74 Å². The van der Waals surface area contributed by atoms with E-state index < -0.39 is 0 Å². The van der Waals surface area contributed by atoms with Crippen LogP contribution in [0.2, 0.25) is 0 Å². The second-order valence-electron chi connectivity index (χ2n) is 4.05. The maximum absolute atomic E-state index is 11.7. The molecule has 0 saturated heterocycles. The van der Waals surface area contributed by atoms with Crippen LogP contribution in [0.25, 0.3) is 0 Å². The fraction of sp³-hybridized carbons (Fsp3) is 0.462. The van der Waals surface area contributed by atoms with Crippen LogP contribution in [-0.4, -0.2) is 18.8 Å². The van der Waals surface area contributed by atoms with E-state index >= 15 is 0 Å². The molecule has 1 rings (SSSR count). The van der Waals surface area contributed by atoms with Crippen molar-refractivity contribution in [2.45, 2.75) is 25.2 Å². The zero-order valence-corrected chi connectivity index (χ0v) is 10.8. The summed E-state index contributed by atoms with van der Waals surface area (Å²) in [4.78, 5) is 12.7. The van der Waals surface area contributed by atoms with Gasteiger partial charge in [-0.05, 0) is 36.8 Å². The highest BCUT2D eigenvalue weighted by Crippen LogP contribution is 2.16. The monoisotopic (exact) mass is 238 g/mol. The minimum atomic E-state index is -0.225. The second-order valence-corrected chi connectivity index (χ2v) is 4.93. The molecule has 0 spiro atoms. The highest BCUT2D eigenvalue weighted by atomic mass is 32.2. The topological polar surface area (TPSA) is 26.3 Å². The number of rotatable bonds is 5. The van der Waals surface area contributed by atoms with E-state index in [1.807, 2.05) is 24.5 Å². The third-order valence-electron chi connectivity index (χ3n) is 2.23. The molecule has 0 atom stereocenters. The van der Waals surface area contributed by atoms with Crippen LogP contribution in [-0.2, 0) is 4.74 Å². The molecule has 88 valence electrons. The Bertz CT molecular complexity index is 348. The van der Waals surface area contributed by atoms with Crippen molar-refractivity contribution in [2.75, 3.05) is 12.9 Å². The highest BCUT2D eigenvalue weighted by Gasteiger charge is 2.07. The number of hydrogen-bond donors (Lipinski definition) is 0. The zero-order valence-electron chi connectivity index (χ0n) is 10.0. The molecular weight excluding hydrogens is 220 g/mol. The number of carbonyl (C=O) groups is 1. The van der Waals surface area contributed by atoms with Crippen LogP contribution in [0, 0.1) is 5.92 Å². The second kappa shape index (κ2) is 6.59. The van der Waals surface area contributed by atoms with Gasteiger partial charge in [0, 0.05) is 4.90 Å². The lowest BCUT2D eigenvalue weighted by atomic mass is 10.1. The summed E-state index contributed by atoms with van der Waals surface area (Å²) in [5.41, 5.74) is 0.635. The molecule has 16 heavy (non-hydrogen) atoms. The van der Waals surface area contributed by atoms with Gasteiger partial charge in [-0.1, -0.05) is 19.9 Å². The van der Waals surface area contributed by atoms with E-state index in [1.54, 1.807) is 17.8 Å². The van der Waals surface area contributed by atoms with Crippen LogP contribution < -0.4 is 0 Å². The number of carbonyl (C=O) groups excluding carboxylic acids is 1. The molecule has 1 aromatic rings. The van der Waals surface area contributed by atoms with Crippen molar-refractivity contribution in [3.63, 3.8) is 0 Å². The number of thioether (sulfide) groups is 1. The van der Waals surface area contributed by atoms with Crippen LogP contribution in [0.1, 0.15) is 30.6 Å². The Labute approximate surface area is 101 Å². The SMILES string of the molecule is CSc1cccc(C(=O)OCCC(C)C)c1. The molecule has 0 aliphatic carbocycles. The van der Waals surface area contributed by atoms with E-state index in [-0.39, 0.29) is 5.97 Å². The van der Waals surface area contributed by atoms with Crippen molar-refractivity contribution in [2.24, 2.45) is 5.92 Å². The standard InChI is InChI=1S/C13H18O2S/c1-10(2)7-8-15-13(14)11-5-4-6-12(9-11)16-3/h4-6,9-10H,7-8H2,1-3H3. The van der Waals surface area contributed by atoms with Gasteiger partial charge in [0.05, 0.1) is 12.2 Å². The zero-order chi connectivity index (χ0) is 12.0. The predicted molar refractivity (Wildman–Crippen MR) is 68.0 cm³/mol. The number of hydrogen-bond acceptors (Lipinski definition) is 3. The first kappa shape index (κ1) is 13.1.